The van der Waals surface area contributed by atoms with Crippen LogP contribution in [-0.4, -0.2) is 56.3 Å². The van der Waals surface area contributed by atoms with Crippen molar-refractivity contribution in [2.24, 2.45) is 0 Å². The van der Waals surface area contributed by atoms with Gasteiger partial charge in [0.05, 0.1) is 0 Å². The lowest BCUT2D eigenvalue weighted by Gasteiger charge is -2.20. The predicted octanol–water partition coefficient (Wildman–Crippen LogP) is -0.00410. The second kappa shape index (κ2) is 6.17. The Balaban J connectivity index is 1.68. The zero-order valence-corrected chi connectivity index (χ0v) is 10.5. The van der Waals surface area contributed by atoms with E-state index in [0.29, 0.717) is 13.0 Å². The number of carbonyl (C=O) groups excluding carboxylic acids is 1. The molecule has 19 heavy (non-hydrogen) atoms. The highest BCUT2D eigenvalue weighted by atomic mass is 16.4. The molecule has 1 aromatic rings. The van der Waals surface area contributed by atoms with Crippen LogP contribution in [0.25, 0.3) is 0 Å². The molecule has 0 aromatic carbocycles. The van der Waals surface area contributed by atoms with Crippen LogP contribution >= 0.6 is 0 Å². The number of aliphatic carboxylic acids is 1. The van der Waals surface area contributed by atoms with Gasteiger partial charge >= 0.3 is 12.0 Å². The highest BCUT2D eigenvalue weighted by Crippen LogP contribution is 2.26. The van der Waals surface area contributed by atoms with Crippen LogP contribution in [0.1, 0.15) is 25.1 Å². The van der Waals surface area contributed by atoms with Gasteiger partial charge in [-0.05, 0) is 19.3 Å². The van der Waals surface area contributed by atoms with Crippen molar-refractivity contribution in [1.82, 2.24) is 25.4 Å². The summed E-state index contributed by atoms with van der Waals surface area (Å²) in [5.41, 5.74) is 0. The number of amides is 2. The van der Waals surface area contributed by atoms with Gasteiger partial charge in [-0.2, -0.15) is 5.10 Å². The summed E-state index contributed by atoms with van der Waals surface area (Å²) >= 11 is 0. The Morgan fingerprint density at radius 2 is 2.32 bits per heavy atom. The van der Waals surface area contributed by atoms with Gasteiger partial charge in [-0.1, -0.05) is 0 Å². The minimum Gasteiger partial charge on any atom is -0.480 e. The lowest BCUT2D eigenvalue weighted by Crippen LogP contribution is -2.44. The van der Waals surface area contributed by atoms with E-state index in [-0.39, 0.29) is 18.6 Å². The number of carboxylic acid groups (broad SMARTS) is 1. The molecular formula is C11H17N5O3. The lowest BCUT2D eigenvalue weighted by atomic mass is 10.3. The van der Waals surface area contributed by atoms with Crippen molar-refractivity contribution in [3.05, 3.63) is 12.2 Å². The van der Waals surface area contributed by atoms with Crippen LogP contribution in [0, 0.1) is 0 Å². The smallest absolute Gasteiger partial charge is 0.323 e. The zero-order valence-electron chi connectivity index (χ0n) is 10.5. The van der Waals surface area contributed by atoms with Crippen LogP contribution in [0.15, 0.2) is 6.33 Å². The van der Waals surface area contributed by atoms with Gasteiger partial charge in [0.1, 0.15) is 18.7 Å². The molecule has 3 N–H and O–H groups in total. The predicted molar refractivity (Wildman–Crippen MR) is 65.5 cm³/mol. The van der Waals surface area contributed by atoms with Crippen LogP contribution in [-0.2, 0) is 11.2 Å². The number of aryl methyl sites for hydroxylation is 1. The highest BCUT2D eigenvalue weighted by molar-refractivity contribution is 5.80. The number of nitrogens with zero attached hydrogens (tertiary/aromatic N) is 3. The maximum atomic E-state index is 11.8. The van der Waals surface area contributed by atoms with Crippen LogP contribution in [0.3, 0.4) is 0 Å². The number of hydrogen-bond acceptors (Lipinski definition) is 4. The third kappa shape index (κ3) is 4.23. The SMILES string of the molecule is O=C(O)CN(C(=O)NCCCc1ncn[nH]1)C1CC1. The molecule has 104 valence electrons. The van der Waals surface area contributed by atoms with E-state index < -0.39 is 5.97 Å². The maximum absolute atomic E-state index is 11.8. The summed E-state index contributed by atoms with van der Waals surface area (Å²) in [5, 5.41) is 18.0. The standard InChI is InChI=1S/C11H17N5O3/c17-10(18)6-16(8-3-4-8)11(19)12-5-1-2-9-13-7-14-15-9/h7-8H,1-6H2,(H,12,19)(H,17,18)(H,13,14,15). The first-order valence-electron chi connectivity index (χ1n) is 6.27. The molecule has 0 spiro atoms. The number of aromatic nitrogens is 3. The first kappa shape index (κ1) is 13.3. The van der Waals surface area contributed by atoms with Crippen LogP contribution in [0.5, 0.6) is 0 Å². The Morgan fingerprint density at radius 1 is 1.53 bits per heavy atom. The third-order valence-electron chi connectivity index (χ3n) is 2.89. The fraction of sp³-hybridized carbons (Fsp3) is 0.636. The van der Waals surface area contributed by atoms with E-state index in [9.17, 15) is 9.59 Å². The molecule has 1 aliphatic rings. The molecule has 8 heteroatoms. The molecule has 2 amide bonds. The topological polar surface area (TPSA) is 111 Å². The Kier molecular flexibility index (Phi) is 4.32. The fourth-order valence-electron chi connectivity index (χ4n) is 1.80. The van der Waals surface area contributed by atoms with E-state index >= 15 is 0 Å². The Morgan fingerprint density at radius 3 is 2.89 bits per heavy atom. The fourth-order valence-corrected chi connectivity index (χ4v) is 1.80. The van der Waals surface area contributed by atoms with Crippen LogP contribution in [0.2, 0.25) is 0 Å². The quantitative estimate of drug-likeness (QED) is 0.602. The zero-order chi connectivity index (χ0) is 13.7. The van der Waals surface area contributed by atoms with Crippen molar-refractivity contribution in [1.29, 1.82) is 0 Å². The summed E-state index contributed by atoms with van der Waals surface area (Å²) in [6.07, 6.45) is 4.64. The average molecular weight is 267 g/mol. The Labute approximate surface area is 110 Å². The molecule has 0 bridgehead atoms. The second-order valence-corrected chi connectivity index (χ2v) is 4.52. The lowest BCUT2D eigenvalue weighted by molar-refractivity contribution is -0.137. The molecule has 1 heterocycles. The molecule has 0 saturated heterocycles. The molecule has 1 aromatic heterocycles. The minimum atomic E-state index is -0.983. The molecule has 2 rings (SSSR count). The monoisotopic (exact) mass is 267 g/mol. The molecule has 0 unspecified atom stereocenters. The van der Waals surface area contributed by atoms with E-state index in [1.54, 1.807) is 0 Å². The van der Waals surface area contributed by atoms with Gasteiger partial charge < -0.3 is 15.3 Å². The van der Waals surface area contributed by atoms with E-state index in [4.69, 9.17) is 5.11 Å². The van der Waals surface area contributed by atoms with E-state index in [0.717, 1.165) is 25.1 Å². The summed E-state index contributed by atoms with van der Waals surface area (Å²) in [5.74, 6) is -0.206. The summed E-state index contributed by atoms with van der Waals surface area (Å²) in [7, 11) is 0. The molecule has 0 radical (unpaired) electrons. The summed E-state index contributed by atoms with van der Waals surface area (Å²) in [4.78, 5) is 27.9. The van der Waals surface area contributed by atoms with Gasteiger partial charge in [0, 0.05) is 19.0 Å². The van der Waals surface area contributed by atoms with Gasteiger partial charge in [0.15, 0.2) is 0 Å². The maximum Gasteiger partial charge on any atom is 0.323 e. The van der Waals surface area contributed by atoms with Crippen molar-refractivity contribution in [3.8, 4) is 0 Å². The first-order chi connectivity index (χ1) is 9.16. The largest absolute Gasteiger partial charge is 0.480 e. The van der Waals surface area contributed by atoms with E-state index in [1.807, 2.05) is 0 Å². The number of hydrogen-bond donors (Lipinski definition) is 3. The van der Waals surface area contributed by atoms with Gasteiger partial charge in [-0.25, -0.2) is 9.78 Å². The van der Waals surface area contributed by atoms with Gasteiger partial charge in [0.25, 0.3) is 0 Å². The van der Waals surface area contributed by atoms with Gasteiger partial charge in [-0.3, -0.25) is 9.89 Å². The number of urea groups is 1. The summed E-state index contributed by atoms with van der Waals surface area (Å²) in [6.45, 7) is 0.251. The Bertz CT molecular complexity index is 430. The number of rotatable bonds is 7. The summed E-state index contributed by atoms with van der Waals surface area (Å²) in [6, 6.07) is -0.215. The molecule has 8 nitrogen and oxygen atoms in total. The molecule has 1 saturated carbocycles. The number of carboxylic acids is 1. The average Bonchev–Trinajstić information content (AvgIpc) is 3.08. The number of nitrogens with one attached hydrogen (secondary N) is 2. The van der Waals surface area contributed by atoms with E-state index in [2.05, 4.69) is 20.5 Å². The highest BCUT2D eigenvalue weighted by Gasteiger charge is 2.33. The van der Waals surface area contributed by atoms with Crippen LogP contribution < -0.4 is 5.32 Å². The molecule has 0 atom stereocenters. The van der Waals surface area contributed by atoms with Crippen molar-refractivity contribution in [3.63, 3.8) is 0 Å². The summed E-state index contributed by atoms with van der Waals surface area (Å²) < 4.78 is 0. The first-order valence-corrected chi connectivity index (χ1v) is 6.27. The Hall–Kier alpha value is -2.12. The molecular weight excluding hydrogens is 250 g/mol. The van der Waals surface area contributed by atoms with Crippen LogP contribution in [0.4, 0.5) is 4.79 Å². The molecule has 1 aliphatic carbocycles. The van der Waals surface area contributed by atoms with Crippen molar-refractivity contribution in [2.45, 2.75) is 31.7 Å². The van der Waals surface area contributed by atoms with Crippen molar-refractivity contribution < 1.29 is 14.7 Å². The van der Waals surface area contributed by atoms with Crippen molar-refractivity contribution in [2.75, 3.05) is 13.1 Å². The minimum absolute atomic E-state index is 0.0883. The van der Waals surface area contributed by atoms with Gasteiger partial charge in [-0.15, -0.1) is 0 Å². The molecule has 1 fully saturated rings. The second-order valence-electron chi connectivity index (χ2n) is 4.52. The molecule has 0 aliphatic heterocycles. The van der Waals surface area contributed by atoms with E-state index in [1.165, 1.54) is 11.2 Å². The number of aromatic amines is 1. The third-order valence-corrected chi connectivity index (χ3v) is 2.89. The number of H-pyrrole nitrogens is 1. The van der Waals surface area contributed by atoms with Crippen molar-refractivity contribution >= 4 is 12.0 Å². The normalized spacial score (nSPS) is 14.1. The number of carbonyl (C=O) groups is 2. The van der Waals surface area contributed by atoms with Gasteiger partial charge in [0.2, 0.25) is 0 Å².